The number of amides is 1. The van der Waals surface area contributed by atoms with Gasteiger partial charge in [0.15, 0.2) is 6.61 Å². The van der Waals surface area contributed by atoms with Crippen molar-refractivity contribution < 1.29 is 27.4 Å². The Morgan fingerprint density at radius 1 is 1.25 bits per heavy atom. The molecule has 6 nitrogen and oxygen atoms in total. The zero-order chi connectivity index (χ0) is 17.7. The number of nitrogens with two attached hydrogens (primary N) is 1. The molecule has 0 spiro atoms. The maximum absolute atomic E-state index is 12.2. The molecular formula is C15H14F3N3O3. The molecular weight excluding hydrogens is 327 g/mol. The van der Waals surface area contributed by atoms with Gasteiger partial charge in [-0.25, -0.2) is 4.98 Å². The van der Waals surface area contributed by atoms with Crippen molar-refractivity contribution in [3.63, 3.8) is 0 Å². The lowest BCUT2D eigenvalue weighted by atomic mass is 10.2. The van der Waals surface area contributed by atoms with Gasteiger partial charge in [-0.1, -0.05) is 0 Å². The number of carbonyl (C=O) groups excluding carboxylic acids is 1. The number of nitrogens with zero attached hydrogens (tertiary/aromatic N) is 1. The average molecular weight is 341 g/mol. The number of nitrogen functional groups attached to an aromatic ring is 1. The lowest BCUT2D eigenvalue weighted by molar-refractivity contribution is -0.153. The Balaban J connectivity index is 2.05. The molecule has 0 unspecified atom stereocenters. The summed E-state index contributed by atoms with van der Waals surface area (Å²) in [6, 6.07) is 6.89. The monoisotopic (exact) mass is 341 g/mol. The number of alkyl halides is 3. The Hall–Kier alpha value is -2.97. The third-order valence-corrected chi connectivity index (χ3v) is 2.91. The zero-order valence-electron chi connectivity index (χ0n) is 12.6. The number of nitrogens with one attached hydrogen (secondary N) is 1. The Morgan fingerprint density at radius 3 is 2.50 bits per heavy atom. The molecule has 0 atom stereocenters. The number of pyridine rings is 1. The van der Waals surface area contributed by atoms with Crippen molar-refractivity contribution in [2.24, 2.45) is 0 Å². The maximum atomic E-state index is 12.2. The minimum atomic E-state index is -4.41. The summed E-state index contributed by atoms with van der Waals surface area (Å²) in [6.45, 7) is -1.38. The summed E-state index contributed by atoms with van der Waals surface area (Å²) >= 11 is 0. The second-order valence-electron chi connectivity index (χ2n) is 4.66. The first-order valence-electron chi connectivity index (χ1n) is 6.69. The number of methoxy groups -OCH3 is 1. The second kappa shape index (κ2) is 7.07. The number of hydrogen-bond acceptors (Lipinski definition) is 5. The van der Waals surface area contributed by atoms with E-state index in [1.165, 1.54) is 43.6 Å². The van der Waals surface area contributed by atoms with Crippen LogP contribution in [0.3, 0.4) is 0 Å². The third kappa shape index (κ3) is 4.51. The van der Waals surface area contributed by atoms with Crippen LogP contribution in [-0.2, 0) is 0 Å². The highest BCUT2D eigenvalue weighted by molar-refractivity contribution is 6.08. The van der Waals surface area contributed by atoms with Crippen LogP contribution in [0.15, 0.2) is 36.5 Å². The fourth-order valence-corrected chi connectivity index (χ4v) is 1.81. The molecule has 1 amide bonds. The van der Waals surface area contributed by atoms with E-state index in [1.54, 1.807) is 0 Å². The van der Waals surface area contributed by atoms with Crippen LogP contribution >= 0.6 is 0 Å². The van der Waals surface area contributed by atoms with Crippen molar-refractivity contribution in [1.29, 1.82) is 0 Å². The van der Waals surface area contributed by atoms with Crippen LogP contribution in [-0.4, -0.2) is 30.8 Å². The molecule has 1 heterocycles. The molecule has 0 bridgehead atoms. The van der Waals surface area contributed by atoms with Crippen molar-refractivity contribution in [3.8, 4) is 11.6 Å². The van der Waals surface area contributed by atoms with E-state index in [2.05, 4.69) is 15.0 Å². The van der Waals surface area contributed by atoms with E-state index in [9.17, 15) is 18.0 Å². The Morgan fingerprint density at radius 2 is 1.92 bits per heavy atom. The molecule has 0 radical (unpaired) electrons. The maximum Gasteiger partial charge on any atom is 0.422 e. The van der Waals surface area contributed by atoms with E-state index in [4.69, 9.17) is 10.5 Å². The van der Waals surface area contributed by atoms with E-state index in [1.807, 2.05) is 0 Å². The summed E-state index contributed by atoms with van der Waals surface area (Å²) in [5.41, 5.74) is 6.40. The van der Waals surface area contributed by atoms with E-state index in [0.29, 0.717) is 5.69 Å². The standard InChI is InChI=1S/C15H14F3N3O3/c1-23-14-12(19)11(6-7-20-14)13(22)21-9-2-4-10(5-3-9)24-8-15(16,17)18/h2-7H,8,19H2,1H3,(H,21,22). The van der Waals surface area contributed by atoms with Gasteiger partial charge < -0.3 is 20.5 Å². The summed E-state index contributed by atoms with van der Waals surface area (Å²) in [5, 5.41) is 2.57. The van der Waals surface area contributed by atoms with Gasteiger partial charge in [0.1, 0.15) is 11.4 Å². The first-order valence-corrected chi connectivity index (χ1v) is 6.69. The molecule has 0 saturated heterocycles. The van der Waals surface area contributed by atoms with Crippen molar-refractivity contribution >= 4 is 17.3 Å². The topological polar surface area (TPSA) is 86.5 Å². The molecule has 1 aromatic heterocycles. The highest BCUT2D eigenvalue weighted by atomic mass is 19.4. The highest BCUT2D eigenvalue weighted by Crippen LogP contribution is 2.24. The predicted octanol–water partition coefficient (Wildman–Crippen LogP) is 2.87. The number of aromatic nitrogens is 1. The van der Waals surface area contributed by atoms with Gasteiger partial charge >= 0.3 is 6.18 Å². The number of halogens is 3. The van der Waals surface area contributed by atoms with Gasteiger partial charge in [0, 0.05) is 11.9 Å². The van der Waals surface area contributed by atoms with Crippen molar-refractivity contribution in [3.05, 3.63) is 42.1 Å². The van der Waals surface area contributed by atoms with Crippen molar-refractivity contribution in [1.82, 2.24) is 4.98 Å². The molecule has 0 saturated carbocycles. The summed E-state index contributed by atoms with van der Waals surface area (Å²) in [5.74, 6) is -0.342. The first-order chi connectivity index (χ1) is 11.3. The fourth-order valence-electron chi connectivity index (χ4n) is 1.81. The van der Waals surface area contributed by atoms with Crippen molar-refractivity contribution in [2.75, 3.05) is 24.8 Å². The molecule has 9 heteroatoms. The molecule has 128 valence electrons. The first kappa shape index (κ1) is 17.4. The predicted molar refractivity (Wildman–Crippen MR) is 81.1 cm³/mol. The second-order valence-corrected chi connectivity index (χ2v) is 4.66. The number of anilines is 2. The van der Waals surface area contributed by atoms with Crippen LogP contribution in [0, 0.1) is 0 Å². The molecule has 24 heavy (non-hydrogen) atoms. The van der Waals surface area contributed by atoms with Crippen LogP contribution in [0.5, 0.6) is 11.6 Å². The smallest absolute Gasteiger partial charge is 0.422 e. The molecule has 2 rings (SSSR count). The number of hydrogen-bond donors (Lipinski definition) is 2. The lowest BCUT2D eigenvalue weighted by Crippen LogP contribution is -2.19. The summed E-state index contributed by atoms with van der Waals surface area (Å²) in [4.78, 5) is 16.1. The van der Waals surface area contributed by atoms with Crippen LogP contribution in [0.1, 0.15) is 10.4 Å². The van der Waals surface area contributed by atoms with Gasteiger partial charge in [0.05, 0.1) is 12.7 Å². The molecule has 0 aliphatic rings. The van der Waals surface area contributed by atoms with E-state index >= 15 is 0 Å². The van der Waals surface area contributed by atoms with Gasteiger partial charge in [0.25, 0.3) is 5.91 Å². The molecule has 1 aromatic carbocycles. The van der Waals surface area contributed by atoms with E-state index in [-0.39, 0.29) is 22.9 Å². The van der Waals surface area contributed by atoms with Crippen LogP contribution in [0.4, 0.5) is 24.5 Å². The molecule has 2 aromatic rings. The minimum absolute atomic E-state index is 0.0374. The molecule has 0 aliphatic carbocycles. The summed E-state index contributed by atoms with van der Waals surface area (Å²) in [7, 11) is 1.38. The summed E-state index contributed by atoms with van der Waals surface area (Å²) < 4.78 is 45.7. The van der Waals surface area contributed by atoms with Crippen molar-refractivity contribution in [2.45, 2.75) is 6.18 Å². The normalized spacial score (nSPS) is 11.0. The highest BCUT2D eigenvalue weighted by Gasteiger charge is 2.28. The van der Waals surface area contributed by atoms with Gasteiger partial charge in [-0.05, 0) is 30.3 Å². The number of ether oxygens (including phenoxy) is 2. The van der Waals surface area contributed by atoms with Gasteiger partial charge in [-0.2, -0.15) is 13.2 Å². The quantitative estimate of drug-likeness (QED) is 0.873. The van der Waals surface area contributed by atoms with Crippen LogP contribution in [0.25, 0.3) is 0 Å². The minimum Gasteiger partial charge on any atom is -0.484 e. The lowest BCUT2D eigenvalue weighted by Gasteiger charge is -2.11. The molecule has 3 N–H and O–H groups in total. The number of benzene rings is 1. The van der Waals surface area contributed by atoms with Crippen LogP contribution < -0.4 is 20.5 Å². The Bertz CT molecular complexity index is 718. The Labute approximate surface area is 135 Å². The van der Waals surface area contributed by atoms with Gasteiger partial charge in [-0.3, -0.25) is 4.79 Å². The van der Waals surface area contributed by atoms with E-state index in [0.717, 1.165) is 0 Å². The third-order valence-electron chi connectivity index (χ3n) is 2.91. The average Bonchev–Trinajstić information content (AvgIpc) is 2.53. The molecule has 0 fully saturated rings. The summed E-state index contributed by atoms with van der Waals surface area (Å²) in [6.07, 6.45) is -3.04. The largest absolute Gasteiger partial charge is 0.484 e. The SMILES string of the molecule is COc1nccc(C(=O)Nc2ccc(OCC(F)(F)F)cc2)c1N. The van der Waals surface area contributed by atoms with E-state index < -0.39 is 18.7 Å². The van der Waals surface area contributed by atoms with Gasteiger partial charge in [0.2, 0.25) is 5.88 Å². The molecule has 0 aliphatic heterocycles. The number of rotatable bonds is 5. The Kier molecular flexibility index (Phi) is 5.12. The van der Waals surface area contributed by atoms with Crippen LogP contribution in [0.2, 0.25) is 0 Å². The number of carbonyl (C=O) groups is 1. The van der Waals surface area contributed by atoms with Gasteiger partial charge in [-0.15, -0.1) is 0 Å². The zero-order valence-corrected chi connectivity index (χ0v) is 12.6. The fraction of sp³-hybridized carbons (Fsp3) is 0.200.